The van der Waals surface area contributed by atoms with E-state index in [0.717, 1.165) is 27.8 Å². The summed E-state index contributed by atoms with van der Waals surface area (Å²) in [5.41, 5.74) is 5.76. The molecule has 230 valence electrons. The zero-order valence-corrected chi connectivity index (χ0v) is 25.8. The Balaban J connectivity index is 1.73. The van der Waals surface area contributed by atoms with Crippen LogP contribution in [-0.4, -0.2) is 52.7 Å². The summed E-state index contributed by atoms with van der Waals surface area (Å²) < 4.78 is 40.9. The zero-order chi connectivity index (χ0) is 31.7. The van der Waals surface area contributed by atoms with E-state index in [-0.39, 0.29) is 5.75 Å². The second-order valence-corrected chi connectivity index (χ2v) is 10.2. The summed E-state index contributed by atoms with van der Waals surface area (Å²) in [5, 5.41) is 10.9. The summed E-state index contributed by atoms with van der Waals surface area (Å²) in [7, 11) is 9.44. The number of pyridine rings is 1. The highest BCUT2D eigenvalue weighted by molar-refractivity contribution is 5.87. The number of fused-ring (bicyclic) bond motifs is 3. The molecule has 0 amide bonds. The number of nitrogens with zero attached hydrogens (tertiary/aromatic N) is 1. The largest absolute Gasteiger partial charge is 0.507 e. The predicted molar refractivity (Wildman–Crippen MR) is 170 cm³/mol. The van der Waals surface area contributed by atoms with E-state index in [9.17, 15) is 5.11 Å². The summed E-state index contributed by atoms with van der Waals surface area (Å²) in [6.07, 6.45) is -0.649. The molecule has 1 N–H and O–H groups in total. The number of hydrogen-bond acceptors (Lipinski definition) is 9. The molecular formula is C36H33NO8. The minimum absolute atomic E-state index is 0.113. The molecule has 0 radical (unpaired) electrons. The number of rotatable bonds is 9. The molecule has 9 heteroatoms. The molecule has 0 spiro atoms. The summed E-state index contributed by atoms with van der Waals surface area (Å²) in [4.78, 5) is 5.17. The van der Waals surface area contributed by atoms with Gasteiger partial charge in [-0.15, -0.1) is 0 Å². The van der Waals surface area contributed by atoms with Gasteiger partial charge in [0, 0.05) is 22.3 Å². The quantitative estimate of drug-likeness (QED) is 0.185. The molecule has 0 bridgehead atoms. The summed E-state index contributed by atoms with van der Waals surface area (Å²) in [5.74, 6) is 3.66. The van der Waals surface area contributed by atoms with Gasteiger partial charge in [-0.3, -0.25) is 0 Å². The number of benzene rings is 4. The van der Waals surface area contributed by atoms with Gasteiger partial charge >= 0.3 is 0 Å². The fourth-order valence-corrected chi connectivity index (χ4v) is 5.77. The molecule has 0 saturated heterocycles. The molecule has 0 saturated carbocycles. The second-order valence-electron chi connectivity index (χ2n) is 10.2. The van der Waals surface area contributed by atoms with Crippen LogP contribution in [0.3, 0.4) is 0 Å². The summed E-state index contributed by atoms with van der Waals surface area (Å²) in [6, 6.07) is 24.3. The third kappa shape index (κ3) is 5.06. The minimum Gasteiger partial charge on any atom is -0.507 e. The Labute approximate surface area is 261 Å². The van der Waals surface area contributed by atoms with Crippen LogP contribution in [0.4, 0.5) is 0 Å². The predicted octanol–water partition coefficient (Wildman–Crippen LogP) is 7.32. The molecule has 1 aliphatic heterocycles. The van der Waals surface area contributed by atoms with E-state index >= 15 is 0 Å². The highest BCUT2D eigenvalue weighted by Gasteiger charge is 2.34. The SMILES string of the molecule is COc1cc(-c2cc(-c3ccccc3O)nc3c2C(c2cc(OC)c(OC)c(OC)c2)Oc2ccccc2-3)cc(OC)c1OC. The molecule has 1 atom stereocenters. The topological polar surface area (TPSA) is 97.7 Å². The molecule has 5 aromatic rings. The molecule has 1 aliphatic rings. The number of hydrogen-bond donors (Lipinski definition) is 1. The third-order valence-corrected chi connectivity index (χ3v) is 7.85. The lowest BCUT2D eigenvalue weighted by molar-refractivity contribution is 0.241. The van der Waals surface area contributed by atoms with Crippen LogP contribution in [0.1, 0.15) is 17.2 Å². The lowest BCUT2D eigenvalue weighted by atomic mass is 9.86. The molecule has 0 aliphatic carbocycles. The molecule has 4 aromatic carbocycles. The van der Waals surface area contributed by atoms with Crippen molar-refractivity contribution in [3.63, 3.8) is 0 Å². The van der Waals surface area contributed by atoms with Gasteiger partial charge in [0.25, 0.3) is 0 Å². The Morgan fingerprint density at radius 3 is 1.69 bits per heavy atom. The summed E-state index contributed by atoms with van der Waals surface area (Å²) >= 11 is 0. The molecule has 1 unspecified atom stereocenters. The van der Waals surface area contributed by atoms with Crippen molar-refractivity contribution >= 4 is 0 Å². The smallest absolute Gasteiger partial charge is 0.203 e. The second kappa shape index (κ2) is 12.2. The van der Waals surface area contributed by atoms with Crippen LogP contribution in [0.5, 0.6) is 46.0 Å². The number of phenols is 1. The van der Waals surface area contributed by atoms with Crippen molar-refractivity contribution in [1.82, 2.24) is 4.98 Å². The van der Waals surface area contributed by atoms with Crippen molar-refractivity contribution in [3.05, 3.63) is 90.0 Å². The minimum atomic E-state index is -0.649. The first-order valence-corrected chi connectivity index (χ1v) is 14.2. The Morgan fingerprint density at radius 2 is 1.13 bits per heavy atom. The van der Waals surface area contributed by atoms with Gasteiger partial charge in [-0.05, 0) is 65.7 Å². The number of aromatic hydroxyl groups is 1. The average molecular weight is 608 g/mol. The van der Waals surface area contributed by atoms with Gasteiger partial charge in [-0.2, -0.15) is 0 Å². The zero-order valence-electron chi connectivity index (χ0n) is 25.8. The molecule has 1 aromatic heterocycles. The van der Waals surface area contributed by atoms with Gasteiger partial charge in [-0.25, -0.2) is 4.98 Å². The van der Waals surface area contributed by atoms with E-state index in [2.05, 4.69) is 0 Å². The first-order chi connectivity index (χ1) is 22.0. The molecule has 2 heterocycles. The highest BCUT2D eigenvalue weighted by atomic mass is 16.5. The molecule has 0 fully saturated rings. The average Bonchev–Trinajstić information content (AvgIpc) is 3.09. The van der Waals surface area contributed by atoms with E-state index in [1.165, 1.54) is 0 Å². The Bertz CT molecular complexity index is 1840. The van der Waals surface area contributed by atoms with Crippen molar-refractivity contribution in [2.45, 2.75) is 6.10 Å². The normalized spacial score (nSPS) is 13.2. The lowest BCUT2D eigenvalue weighted by Crippen LogP contribution is -2.18. The molecule has 45 heavy (non-hydrogen) atoms. The van der Waals surface area contributed by atoms with Gasteiger partial charge in [-0.1, -0.05) is 24.3 Å². The van der Waals surface area contributed by atoms with E-state index in [0.29, 0.717) is 57.2 Å². The third-order valence-electron chi connectivity index (χ3n) is 7.85. The number of phenolic OH excluding ortho intramolecular Hbond substituents is 1. The van der Waals surface area contributed by atoms with Gasteiger partial charge in [0.1, 0.15) is 11.5 Å². The first-order valence-electron chi connectivity index (χ1n) is 14.2. The summed E-state index contributed by atoms with van der Waals surface area (Å²) in [6.45, 7) is 0. The van der Waals surface area contributed by atoms with Crippen molar-refractivity contribution in [2.24, 2.45) is 0 Å². The van der Waals surface area contributed by atoms with Crippen molar-refractivity contribution < 1.29 is 38.3 Å². The fourth-order valence-electron chi connectivity index (χ4n) is 5.77. The van der Waals surface area contributed by atoms with Crippen molar-refractivity contribution in [1.29, 1.82) is 0 Å². The molecular weight excluding hydrogens is 574 g/mol. The Kier molecular flexibility index (Phi) is 8.00. The maximum Gasteiger partial charge on any atom is 0.203 e. The van der Waals surface area contributed by atoms with Crippen LogP contribution >= 0.6 is 0 Å². The monoisotopic (exact) mass is 607 g/mol. The Hall–Kier alpha value is -5.57. The highest BCUT2D eigenvalue weighted by Crippen LogP contribution is 2.52. The van der Waals surface area contributed by atoms with Crippen LogP contribution in [-0.2, 0) is 0 Å². The first kappa shape index (κ1) is 29.5. The maximum atomic E-state index is 10.9. The van der Waals surface area contributed by atoms with E-state index in [4.69, 9.17) is 38.1 Å². The molecule has 9 nitrogen and oxygen atoms in total. The number of methoxy groups -OCH3 is 6. The number of ether oxygens (including phenoxy) is 7. The fraction of sp³-hybridized carbons (Fsp3) is 0.194. The van der Waals surface area contributed by atoms with Crippen LogP contribution < -0.4 is 33.2 Å². The van der Waals surface area contributed by atoms with E-state index < -0.39 is 6.10 Å². The lowest BCUT2D eigenvalue weighted by Gasteiger charge is -2.32. The number of para-hydroxylation sites is 2. The van der Waals surface area contributed by atoms with Crippen molar-refractivity contribution in [3.8, 4) is 79.6 Å². The molecule has 6 rings (SSSR count). The van der Waals surface area contributed by atoms with Crippen LogP contribution in [0.15, 0.2) is 78.9 Å². The maximum absolute atomic E-state index is 10.9. The van der Waals surface area contributed by atoms with E-state index in [1.54, 1.807) is 54.8 Å². The van der Waals surface area contributed by atoms with Crippen LogP contribution in [0.25, 0.3) is 33.6 Å². The van der Waals surface area contributed by atoms with Gasteiger partial charge < -0.3 is 38.3 Å². The Morgan fingerprint density at radius 1 is 0.600 bits per heavy atom. The van der Waals surface area contributed by atoms with E-state index in [1.807, 2.05) is 66.7 Å². The standard InChI is InChI=1S/C36H33NO8/c1-39-28-15-20(16-29(40-2)35(28)43-5)24-19-25(22-11-7-9-13-26(22)38)37-33-23-12-8-10-14-27(23)45-34(32(24)33)21-17-30(41-3)36(44-6)31(18-21)42-4/h7-19,34,38H,1-6H3. The van der Waals surface area contributed by atoms with Gasteiger partial charge in [0.15, 0.2) is 29.1 Å². The van der Waals surface area contributed by atoms with Gasteiger partial charge in [0.2, 0.25) is 11.5 Å². The van der Waals surface area contributed by atoms with Crippen molar-refractivity contribution in [2.75, 3.05) is 42.7 Å². The van der Waals surface area contributed by atoms with Gasteiger partial charge in [0.05, 0.1) is 54.0 Å². The van der Waals surface area contributed by atoms with Crippen LogP contribution in [0, 0.1) is 0 Å². The van der Waals surface area contributed by atoms with Crippen LogP contribution in [0.2, 0.25) is 0 Å². The number of aromatic nitrogens is 1.